The van der Waals surface area contributed by atoms with Gasteiger partial charge in [-0.1, -0.05) is 47.7 Å². The third-order valence-corrected chi connectivity index (χ3v) is 6.38. The largest absolute Gasteiger partial charge is 0.353 e. The van der Waals surface area contributed by atoms with Crippen LogP contribution >= 0.6 is 23.1 Å². The molecule has 0 aliphatic carbocycles. The van der Waals surface area contributed by atoms with E-state index in [-0.39, 0.29) is 22.8 Å². The van der Waals surface area contributed by atoms with E-state index in [0.29, 0.717) is 21.9 Å². The smallest absolute Gasteiger partial charge is 0.263 e. The Hall–Kier alpha value is -2.38. The highest BCUT2D eigenvalue weighted by Crippen LogP contribution is 2.33. The fourth-order valence-corrected chi connectivity index (χ4v) is 4.86. The Morgan fingerprint density at radius 3 is 2.62 bits per heavy atom. The molecule has 0 fully saturated rings. The van der Waals surface area contributed by atoms with Gasteiger partial charge in [-0.05, 0) is 33.3 Å². The summed E-state index contributed by atoms with van der Waals surface area (Å²) in [5.74, 6) is -0.0731. The summed E-state index contributed by atoms with van der Waals surface area (Å²) in [5, 5.41) is 5.66. The molecule has 0 aliphatic rings. The van der Waals surface area contributed by atoms with Gasteiger partial charge in [0.15, 0.2) is 5.16 Å². The van der Waals surface area contributed by atoms with Crippen molar-refractivity contribution >= 4 is 39.2 Å². The normalized spacial score (nSPS) is 12.3. The minimum absolute atomic E-state index is 0.0609. The van der Waals surface area contributed by atoms with Gasteiger partial charge in [0.25, 0.3) is 5.56 Å². The molecule has 0 bridgehead atoms. The SMILES string of the molecule is C=CCn1c(S[C@@H](C)C(=O)NC(C)C)nc2scc(-c3ccc(C)cc3)c2c1=O. The summed E-state index contributed by atoms with van der Waals surface area (Å²) in [6.45, 7) is 11.8. The van der Waals surface area contributed by atoms with Crippen LogP contribution in [0, 0.1) is 6.92 Å². The number of hydrogen-bond acceptors (Lipinski definition) is 5. The van der Waals surface area contributed by atoms with E-state index in [1.807, 2.05) is 57.3 Å². The lowest BCUT2D eigenvalue weighted by molar-refractivity contribution is -0.120. The van der Waals surface area contributed by atoms with E-state index in [2.05, 4.69) is 11.9 Å². The molecule has 0 unspecified atom stereocenters. The third kappa shape index (κ3) is 4.62. The summed E-state index contributed by atoms with van der Waals surface area (Å²) in [4.78, 5) is 31.1. The van der Waals surface area contributed by atoms with Crippen LogP contribution in [-0.2, 0) is 11.3 Å². The molecule has 0 saturated carbocycles. The Morgan fingerprint density at radius 2 is 2.00 bits per heavy atom. The minimum atomic E-state index is -0.366. The number of thiophene rings is 1. The van der Waals surface area contributed by atoms with Gasteiger partial charge in [0.2, 0.25) is 5.91 Å². The number of carbonyl (C=O) groups excluding carboxylic acids is 1. The van der Waals surface area contributed by atoms with Crippen molar-refractivity contribution < 1.29 is 4.79 Å². The molecule has 2 aromatic heterocycles. The van der Waals surface area contributed by atoms with E-state index in [4.69, 9.17) is 4.98 Å². The van der Waals surface area contributed by atoms with Gasteiger partial charge in [-0.3, -0.25) is 14.2 Å². The molecule has 3 aromatic rings. The average Bonchev–Trinajstić information content (AvgIpc) is 3.09. The van der Waals surface area contributed by atoms with Crippen molar-refractivity contribution in [1.82, 2.24) is 14.9 Å². The topological polar surface area (TPSA) is 64.0 Å². The van der Waals surface area contributed by atoms with Crippen molar-refractivity contribution in [3.63, 3.8) is 0 Å². The molecule has 29 heavy (non-hydrogen) atoms. The van der Waals surface area contributed by atoms with Gasteiger partial charge in [0.1, 0.15) is 4.83 Å². The minimum Gasteiger partial charge on any atom is -0.353 e. The highest BCUT2D eigenvalue weighted by molar-refractivity contribution is 8.00. The second kappa shape index (κ2) is 8.97. The standard InChI is InChI=1S/C22H25N3O2S2/c1-6-11-25-21(27)18-17(16-9-7-14(4)8-10-16)12-28-20(18)24-22(25)29-15(5)19(26)23-13(2)3/h6-10,12-13,15H,1,11H2,2-5H3,(H,23,26)/t15-/m0/s1. The van der Waals surface area contributed by atoms with Crippen molar-refractivity contribution in [1.29, 1.82) is 0 Å². The number of nitrogens with zero attached hydrogens (tertiary/aromatic N) is 2. The molecule has 5 nitrogen and oxygen atoms in total. The molecule has 1 aromatic carbocycles. The second-order valence-corrected chi connectivity index (χ2v) is 9.38. The lowest BCUT2D eigenvalue weighted by Gasteiger charge is -2.16. The number of carbonyl (C=O) groups is 1. The fraction of sp³-hybridized carbons (Fsp3) is 0.318. The zero-order chi connectivity index (χ0) is 21.1. The first-order valence-electron chi connectivity index (χ1n) is 9.48. The number of thioether (sulfide) groups is 1. The van der Waals surface area contributed by atoms with Crippen molar-refractivity contribution in [3.05, 3.63) is 58.2 Å². The molecule has 152 valence electrons. The molecule has 0 radical (unpaired) electrons. The van der Waals surface area contributed by atoms with Crippen molar-refractivity contribution in [3.8, 4) is 11.1 Å². The maximum absolute atomic E-state index is 13.4. The van der Waals surface area contributed by atoms with Crippen molar-refractivity contribution in [2.45, 2.75) is 50.7 Å². The summed E-state index contributed by atoms with van der Waals surface area (Å²) >= 11 is 2.75. The average molecular weight is 428 g/mol. The Morgan fingerprint density at radius 1 is 1.31 bits per heavy atom. The molecule has 3 rings (SSSR count). The van der Waals surface area contributed by atoms with Gasteiger partial charge in [0, 0.05) is 23.5 Å². The predicted octanol–water partition coefficient (Wildman–Crippen LogP) is 4.62. The van der Waals surface area contributed by atoms with Gasteiger partial charge in [-0.2, -0.15) is 0 Å². The first kappa shape index (κ1) is 21.3. The molecule has 0 aliphatic heterocycles. The molecule has 7 heteroatoms. The van der Waals surface area contributed by atoms with Gasteiger partial charge >= 0.3 is 0 Å². The Kier molecular flexibility index (Phi) is 6.59. The van der Waals surface area contributed by atoms with Gasteiger partial charge in [-0.25, -0.2) is 4.98 Å². The van der Waals surface area contributed by atoms with Crippen LogP contribution in [0.15, 0.2) is 52.3 Å². The van der Waals surface area contributed by atoms with Crippen LogP contribution in [0.3, 0.4) is 0 Å². The summed E-state index contributed by atoms with van der Waals surface area (Å²) < 4.78 is 1.60. The Labute approximate surface area is 178 Å². The van der Waals surface area contributed by atoms with E-state index in [1.165, 1.54) is 28.7 Å². The zero-order valence-corrected chi connectivity index (χ0v) is 18.7. The van der Waals surface area contributed by atoms with Crippen LogP contribution in [0.4, 0.5) is 0 Å². The van der Waals surface area contributed by atoms with Crippen LogP contribution < -0.4 is 10.9 Å². The van der Waals surface area contributed by atoms with Crippen LogP contribution in [-0.4, -0.2) is 26.8 Å². The number of allylic oxidation sites excluding steroid dienone is 1. The highest BCUT2D eigenvalue weighted by Gasteiger charge is 2.21. The van der Waals surface area contributed by atoms with Gasteiger partial charge in [0.05, 0.1) is 10.6 Å². The predicted molar refractivity (Wildman–Crippen MR) is 123 cm³/mol. The van der Waals surface area contributed by atoms with E-state index >= 15 is 0 Å². The molecule has 0 saturated heterocycles. The number of hydrogen-bond donors (Lipinski definition) is 1. The highest BCUT2D eigenvalue weighted by atomic mass is 32.2. The van der Waals surface area contributed by atoms with Crippen LogP contribution in [0.25, 0.3) is 21.3 Å². The van der Waals surface area contributed by atoms with Crippen LogP contribution in [0.1, 0.15) is 26.3 Å². The molecule has 1 amide bonds. The van der Waals surface area contributed by atoms with E-state index in [0.717, 1.165) is 11.1 Å². The number of benzene rings is 1. The number of nitrogens with one attached hydrogen (secondary N) is 1. The quantitative estimate of drug-likeness (QED) is 0.339. The summed E-state index contributed by atoms with van der Waals surface area (Å²) in [7, 11) is 0. The molecular weight excluding hydrogens is 402 g/mol. The zero-order valence-electron chi connectivity index (χ0n) is 17.1. The summed E-state index contributed by atoms with van der Waals surface area (Å²) in [6, 6.07) is 8.18. The first-order chi connectivity index (χ1) is 13.8. The monoisotopic (exact) mass is 427 g/mol. The molecular formula is C22H25N3O2S2. The number of amides is 1. The fourth-order valence-electron chi connectivity index (χ4n) is 2.94. The van der Waals surface area contributed by atoms with Crippen molar-refractivity contribution in [2.24, 2.45) is 0 Å². The van der Waals surface area contributed by atoms with Crippen LogP contribution in [0.5, 0.6) is 0 Å². The number of rotatable bonds is 7. The van der Waals surface area contributed by atoms with E-state index in [9.17, 15) is 9.59 Å². The Bertz CT molecular complexity index is 1100. The number of fused-ring (bicyclic) bond motifs is 1. The van der Waals surface area contributed by atoms with Crippen molar-refractivity contribution in [2.75, 3.05) is 0 Å². The maximum Gasteiger partial charge on any atom is 0.263 e. The van der Waals surface area contributed by atoms with Crippen LogP contribution in [0.2, 0.25) is 0 Å². The second-order valence-electron chi connectivity index (χ2n) is 7.22. The van der Waals surface area contributed by atoms with Gasteiger partial charge < -0.3 is 5.32 Å². The molecule has 2 heterocycles. The number of aromatic nitrogens is 2. The summed E-state index contributed by atoms with van der Waals surface area (Å²) in [5.41, 5.74) is 2.95. The third-order valence-electron chi connectivity index (χ3n) is 4.42. The lowest BCUT2D eigenvalue weighted by atomic mass is 10.1. The molecule has 1 atom stereocenters. The molecule has 1 N–H and O–H groups in total. The molecule has 0 spiro atoms. The Balaban J connectivity index is 2.07. The lowest BCUT2D eigenvalue weighted by Crippen LogP contribution is -2.36. The maximum atomic E-state index is 13.4. The number of aryl methyl sites for hydroxylation is 1. The van der Waals surface area contributed by atoms with Gasteiger partial charge in [-0.15, -0.1) is 17.9 Å². The van der Waals surface area contributed by atoms with E-state index in [1.54, 1.807) is 10.6 Å². The van der Waals surface area contributed by atoms with E-state index < -0.39 is 0 Å². The summed E-state index contributed by atoms with van der Waals surface area (Å²) in [6.07, 6.45) is 1.68. The first-order valence-corrected chi connectivity index (χ1v) is 11.2.